The number of fused-ring (bicyclic) bond motifs is 1. The summed E-state index contributed by atoms with van der Waals surface area (Å²) in [6, 6.07) is 8.26. The number of aliphatic carboxylic acids is 1. The number of hydrogen-bond acceptors (Lipinski definition) is 1. The summed E-state index contributed by atoms with van der Waals surface area (Å²) in [6.45, 7) is 3.22. The van der Waals surface area contributed by atoms with Crippen LogP contribution in [0.15, 0.2) is 30.5 Å². The molecular formula is C16H21NO2. The highest BCUT2D eigenvalue weighted by Crippen LogP contribution is 2.23. The van der Waals surface area contributed by atoms with Gasteiger partial charge in [-0.05, 0) is 24.5 Å². The van der Waals surface area contributed by atoms with Crippen molar-refractivity contribution in [1.29, 1.82) is 0 Å². The zero-order valence-corrected chi connectivity index (χ0v) is 11.4. The van der Waals surface area contributed by atoms with Crippen molar-refractivity contribution in [3.8, 4) is 0 Å². The summed E-state index contributed by atoms with van der Waals surface area (Å²) < 4.78 is 2.27. The lowest BCUT2D eigenvalue weighted by molar-refractivity contribution is -0.136. The molecule has 0 aliphatic rings. The number of rotatable bonds is 7. The molecule has 2 aromatic rings. The molecule has 0 fully saturated rings. The highest BCUT2D eigenvalue weighted by Gasteiger charge is 2.09. The fourth-order valence-corrected chi connectivity index (χ4v) is 2.48. The summed E-state index contributed by atoms with van der Waals surface area (Å²) in [5.41, 5.74) is 2.37. The van der Waals surface area contributed by atoms with Crippen LogP contribution >= 0.6 is 0 Å². The maximum Gasteiger partial charge on any atom is 0.303 e. The Kier molecular flexibility index (Phi) is 4.61. The first-order valence-electron chi connectivity index (χ1n) is 7.01. The molecular weight excluding hydrogens is 238 g/mol. The van der Waals surface area contributed by atoms with E-state index < -0.39 is 5.97 Å². The van der Waals surface area contributed by atoms with Crippen molar-refractivity contribution in [2.45, 2.75) is 45.6 Å². The van der Waals surface area contributed by atoms with Gasteiger partial charge in [0.2, 0.25) is 0 Å². The molecule has 1 heterocycles. The van der Waals surface area contributed by atoms with Crippen molar-refractivity contribution in [2.24, 2.45) is 0 Å². The Morgan fingerprint density at radius 1 is 1.26 bits per heavy atom. The lowest BCUT2D eigenvalue weighted by atomic mass is 10.1. The molecule has 0 atom stereocenters. The molecule has 0 unspecified atom stereocenters. The zero-order valence-electron chi connectivity index (χ0n) is 11.4. The number of nitrogens with zero attached hydrogens (tertiary/aromatic N) is 1. The minimum atomic E-state index is -0.734. The Labute approximate surface area is 113 Å². The van der Waals surface area contributed by atoms with E-state index in [9.17, 15) is 4.79 Å². The minimum absolute atomic E-state index is 0.197. The van der Waals surface area contributed by atoms with Gasteiger partial charge in [-0.2, -0.15) is 0 Å². The van der Waals surface area contributed by atoms with Gasteiger partial charge in [-0.1, -0.05) is 38.0 Å². The molecule has 0 saturated carbocycles. The molecule has 0 amide bonds. The summed E-state index contributed by atoms with van der Waals surface area (Å²) >= 11 is 0. The second kappa shape index (κ2) is 6.41. The molecule has 0 radical (unpaired) electrons. The maximum absolute atomic E-state index is 10.7. The van der Waals surface area contributed by atoms with Gasteiger partial charge in [-0.25, -0.2) is 0 Å². The topological polar surface area (TPSA) is 42.2 Å². The van der Waals surface area contributed by atoms with E-state index in [4.69, 9.17) is 5.11 Å². The van der Waals surface area contributed by atoms with Crippen molar-refractivity contribution in [2.75, 3.05) is 0 Å². The molecule has 3 heteroatoms. The van der Waals surface area contributed by atoms with E-state index in [-0.39, 0.29) is 6.42 Å². The predicted octanol–water partition coefficient (Wildman–Crippen LogP) is 3.85. The normalized spacial score (nSPS) is 11.0. The largest absolute Gasteiger partial charge is 0.481 e. The maximum atomic E-state index is 10.7. The Morgan fingerprint density at radius 3 is 2.79 bits per heavy atom. The quantitative estimate of drug-likeness (QED) is 0.767. The van der Waals surface area contributed by atoms with E-state index in [1.807, 2.05) is 12.1 Å². The first-order chi connectivity index (χ1) is 9.22. The van der Waals surface area contributed by atoms with Crippen molar-refractivity contribution in [3.63, 3.8) is 0 Å². The van der Waals surface area contributed by atoms with Gasteiger partial charge in [0.15, 0.2) is 0 Å². The molecule has 0 spiro atoms. The van der Waals surface area contributed by atoms with Crippen molar-refractivity contribution < 1.29 is 9.90 Å². The number of benzene rings is 1. The van der Waals surface area contributed by atoms with Crippen LogP contribution in [-0.4, -0.2) is 15.6 Å². The number of carboxylic acids is 1. The summed E-state index contributed by atoms with van der Waals surface area (Å²) in [4.78, 5) is 10.7. The van der Waals surface area contributed by atoms with Crippen LogP contribution in [0.4, 0.5) is 0 Å². The van der Waals surface area contributed by atoms with E-state index in [0.29, 0.717) is 6.42 Å². The Bertz CT molecular complexity index is 557. The molecule has 3 nitrogen and oxygen atoms in total. The molecule has 1 aromatic heterocycles. The second-order valence-electron chi connectivity index (χ2n) is 4.97. The molecule has 102 valence electrons. The standard InChI is InChI=1S/C16H21NO2/c1-2-3-6-11-17-12-13(9-10-16(18)19)14-7-4-5-8-15(14)17/h4-5,7-8,12H,2-3,6,9-11H2,1H3,(H,18,19). The van der Waals surface area contributed by atoms with Crippen LogP contribution in [0, 0.1) is 0 Å². The summed E-state index contributed by atoms with van der Waals surface area (Å²) in [5, 5.41) is 10.0. The number of para-hydroxylation sites is 1. The molecule has 0 aliphatic carbocycles. The van der Waals surface area contributed by atoms with E-state index in [1.54, 1.807) is 0 Å². The second-order valence-corrected chi connectivity index (χ2v) is 4.97. The first kappa shape index (κ1) is 13.7. The summed E-state index contributed by atoms with van der Waals surface area (Å²) in [7, 11) is 0. The fraction of sp³-hybridized carbons (Fsp3) is 0.438. The molecule has 1 N–H and O–H groups in total. The Balaban J connectivity index is 2.23. The van der Waals surface area contributed by atoms with Crippen LogP contribution in [0.2, 0.25) is 0 Å². The SMILES string of the molecule is CCCCCn1cc(CCC(=O)O)c2ccccc21. The third-order valence-electron chi connectivity index (χ3n) is 3.48. The van der Waals surface area contributed by atoms with Crippen molar-refractivity contribution in [3.05, 3.63) is 36.0 Å². The summed E-state index contributed by atoms with van der Waals surface area (Å²) in [5.74, 6) is -0.734. The van der Waals surface area contributed by atoms with Gasteiger partial charge in [-0.15, -0.1) is 0 Å². The van der Waals surface area contributed by atoms with Crippen LogP contribution in [0.3, 0.4) is 0 Å². The van der Waals surface area contributed by atoms with Crippen molar-refractivity contribution in [1.82, 2.24) is 4.57 Å². The fourth-order valence-electron chi connectivity index (χ4n) is 2.48. The molecule has 1 aromatic carbocycles. The zero-order chi connectivity index (χ0) is 13.7. The average Bonchev–Trinajstić information content (AvgIpc) is 2.76. The minimum Gasteiger partial charge on any atom is -0.481 e. The number of hydrogen-bond donors (Lipinski definition) is 1. The third kappa shape index (κ3) is 3.37. The van der Waals surface area contributed by atoms with Gasteiger partial charge in [0.25, 0.3) is 0 Å². The number of aryl methyl sites for hydroxylation is 2. The lowest BCUT2D eigenvalue weighted by Crippen LogP contribution is -1.97. The highest BCUT2D eigenvalue weighted by atomic mass is 16.4. The monoisotopic (exact) mass is 259 g/mol. The van der Waals surface area contributed by atoms with Gasteiger partial charge < -0.3 is 9.67 Å². The predicted molar refractivity (Wildman–Crippen MR) is 77.4 cm³/mol. The van der Waals surface area contributed by atoms with Crippen LogP contribution in [0.5, 0.6) is 0 Å². The third-order valence-corrected chi connectivity index (χ3v) is 3.48. The van der Waals surface area contributed by atoms with Crippen LogP contribution in [-0.2, 0) is 17.8 Å². The molecule has 0 bridgehead atoms. The number of unbranched alkanes of at least 4 members (excludes halogenated alkanes) is 2. The van der Waals surface area contributed by atoms with Gasteiger partial charge in [0.05, 0.1) is 0 Å². The van der Waals surface area contributed by atoms with E-state index in [0.717, 1.165) is 12.1 Å². The van der Waals surface area contributed by atoms with E-state index in [1.165, 1.54) is 30.2 Å². The Hall–Kier alpha value is -1.77. The van der Waals surface area contributed by atoms with Gasteiger partial charge in [0.1, 0.15) is 0 Å². The van der Waals surface area contributed by atoms with Crippen molar-refractivity contribution >= 4 is 16.9 Å². The smallest absolute Gasteiger partial charge is 0.303 e. The molecule has 19 heavy (non-hydrogen) atoms. The molecule has 0 aliphatic heterocycles. The molecule has 2 rings (SSSR count). The van der Waals surface area contributed by atoms with Gasteiger partial charge in [0, 0.05) is 30.1 Å². The van der Waals surface area contributed by atoms with Gasteiger partial charge >= 0.3 is 5.97 Å². The Morgan fingerprint density at radius 2 is 2.05 bits per heavy atom. The van der Waals surface area contributed by atoms with Crippen LogP contribution in [0.25, 0.3) is 10.9 Å². The van der Waals surface area contributed by atoms with Crippen LogP contribution < -0.4 is 0 Å². The highest BCUT2D eigenvalue weighted by molar-refractivity contribution is 5.84. The number of carboxylic acid groups (broad SMARTS) is 1. The summed E-state index contributed by atoms with van der Waals surface area (Å²) in [6.07, 6.45) is 6.55. The molecule has 0 saturated heterocycles. The van der Waals surface area contributed by atoms with E-state index in [2.05, 4.69) is 29.8 Å². The lowest BCUT2D eigenvalue weighted by Gasteiger charge is -2.03. The first-order valence-corrected chi connectivity index (χ1v) is 7.01. The van der Waals surface area contributed by atoms with Crippen LogP contribution in [0.1, 0.15) is 38.2 Å². The number of aromatic nitrogens is 1. The van der Waals surface area contributed by atoms with E-state index >= 15 is 0 Å². The number of carbonyl (C=O) groups is 1. The van der Waals surface area contributed by atoms with Gasteiger partial charge in [-0.3, -0.25) is 4.79 Å². The average molecular weight is 259 g/mol.